The monoisotopic (exact) mass is 351 g/mol. The van der Waals surface area contributed by atoms with Gasteiger partial charge >= 0.3 is 0 Å². The summed E-state index contributed by atoms with van der Waals surface area (Å²) < 4.78 is 7.71. The third kappa shape index (κ3) is 4.14. The smallest absolute Gasteiger partial charge is 0.152 e. The fourth-order valence-corrected chi connectivity index (χ4v) is 2.51. The number of hydrogen-bond acceptors (Lipinski definition) is 4. The topological polar surface area (TPSA) is 57.0 Å². The highest BCUT2D eigenvalue weighted by Gasteiger charge is 2.14. The van der Waals surface area contributed by atoms with Gasteiger partial charge in [0.05, 0.1) is 19.9 Å². The maximum atomic E-state index is 12.0. The molecule has 0 aromatic carbocycles. The van der Waals surface area contributed by atoms with Crippen molar-refractivity contribution in [2.75, 3.05) is 7.11 Å². The Kier molecular flexibility index (Phi) is 5.12. The molecule has 112 valence electrons. The second kappa shape index (κ2) is 6.85. The summed E-state index contributed by atoms with van der Waals surface area (Å²) in [5.41, 5.74) is 0.817. The zero-order valence-electron chi connectivity index (χ0n) is 12.3. The number of rotatable bonds is 6. The van der Waals surface area contributed by atoms with E-state index in [0.29, 0.717) is 35.1 Å². The number of ketones is 1. The molecule has 0 fully saturated rings. The molecule has 0 radical (unpaired) electrons. The minimum absolute atomic E-state index is 0.187. The molecule has 0 bridgehead atoms. The van der Waals surface area contributed by atoms with E-state index in [0.717, 1.165) is 5.56 Å². The molecule has 6 heteroatoms. The van der Waals surface area contributed by atoms with Crippen LogP contribution in [0, 0.1) is 5.92 Å². The van der Waals surface area contributed by atoms with E-state index in [9.17, 15) is 4.79 Å². The molecule has 0 saturated carbocycles. The molecule has 0 atom stereocenters. The maximum Gasteiger partial charge on any atom is 0.152 e. The van der Waals surface area contributed by atoms with Crippen molar-refractivity contribution in [1.29, 1.82) is 0 Å². The number of carbonyl (C=O) groups is 1. The van der Waals surface area contributed by atoms with Gasteiger partial charge in [-0.15, -0.1) is 0 Å². The van der Waals surface area contributed by atoms with Crippen molar-refractivity contribution in [2.24, 2.45) is 5.92 Å². The lowest BCUT2D eigenvalue weighted by molar-refractivity contribution is -0.120. The van der Waals surface area contributed by atoms with E-state index in [-0.39, 0.29) is 5.78 Å². The number of aromatic nitrogens is 3. The summed E-state index contributed by atoms with van der Waals surface area (Å²) in [6.45, 7) is 4.38. The predicted molar refractivity (Wildman–Crippen MR) is 84.2 cm³/mol. The Morgan fingerprint density at radius 2 is 2.19 bits per heavy atom. The first kappa shape index (κ1) is 15.7. The number of carbonyl (C=O) groups excluding carboxylic acids is 1. The first-order valence-corrected chi connectivity index (χ1v) is 7.52. The van der Waals surface area contributed by atoms with Gasteiger partial charge in [-0.3, -0.25) is 9.78 Å². The molecule has 0 aliphatic rings. The van der Waals surface area contributed by atoms with Crippen molar-refractivity contribution < 1.29 is 9.53 Å². The molecule has 2 rings (SSSR count). The molecule has 21 heavy (non-hydrogen) atoms. The first-order chi connectivity index (χ1) is 9.99. The van der Waals surface area contributed by atoms with E-state index >= 15 is 0 Å². The average Bonchev–Trinajstić information content (AvgIpc) is 2.78. The fraction of sp³-hybridized carbons (Fsp3) is 0.400. The van der Waals surface area contributed by atoms with Crippen molar-refractivity contribution in [2.45, 2.75) is 26.8 Å². The number of methoxy groups -OCH3 is 1. The minimum atomic E-state index is 0.187. The Morgan fingerprint density at radius 1 is 1.43 bits per heavy atom. The molecule has 2 aromatic rings. The molecule has 0 unspecified atom stereocenters. The van der Waals surface area contributed by atoms with Crippen molar-refractivity contribution in [3.05, 3.63) is 29.3 Å². The molecule has 0 saturated heterocycles. The summed E-state index contributed by atoms with van der Waals surface area (Å²) in [5, 5.41) is 0. The molecule has 0 N–H and O–H groups in total. The summed E-state index contributed by atoms with van der Waals surface area (Å²) >= 11 is 3.36. The number of halogens is 1. The molecule has 2 heterocycles. The summed E-state index contributed by atoms with van der Waals surface area (Å²) in [6.07, 6.45) is 5.72. The summed E-state index contributed by atoms with van der Waals surface area (Å²) in [6, 6.07) is 1.85. The van der Waals surface area contributed by atoms with Crippen molar-refractivity contribution in [3.8, 4) is 17.1 Å². The van der Waals surface area contributed by atoms with E-state index in [1.165, 1.54) is 0 Å². The average molecular weight is 352 g/mol. The van der Waals surface area contributed by atoms with Crippen LogP contribution in [0.25, 0.3) is 11.4 Å². The quantitative estimate of drug-likeness (QED) is 0.800. The first-order valence-electron chi connectivity index (χ1n) is 6.73. The highest BCUT2D eigenvalue weighted by atomic mass is 79.9. The molecule has 5 nitrogen and oxygen atoms in total. The molecule has 0 spiro atoms. The molecule has 2 aromatic heterocycles. The van der Waals surface area contributed by atoms with Crippen LogP contribution in [0.15, 0.2) is 29.3 Å². The van der Waals surface area contributed by atoms with Crippen LogP contribution in [0.1, 0.15) is 20.3 Å². The van der Waals surface area contributed by atoms with E-state index in [2.05, 4.69) is 25.9 Å². The molecule has 0 aliphatic carbocycles. The largest absolute Gasteiger partial charge is 0.495 e. The Hall–Kier alpha value is -1.69. The third-order valence-electron chi connectivity index (χ3n) is 2.94. The fourth-order valence-electron chi connectivity index (χ4n) is 2.10. The normalized spacial score (nSPS) is 10.9. The van der Waals surface area contributed by atoms with E-state index in [4.69, 9.17) is 4.74 Å². The van der Waals surface area contributed by atoms with Gasteiger partial charge in [0.15, 0.2) is 5.78 Å². The molecule has 0 aliphatic heterocycles. The SMILES string of the molecule is COc1cncc(-c2nc(Br)cn2CC(=O)CC(C)C)c1. The Labute approximate surface area is 132 Å². The third-order valence-corrected chi connectivity index (χ3v) is 3.32. The maximum absolute atomic E-state index is 12.0. The Morgan fingerprint density at radius 3 is 2.86 bits per heavy atom. The van der Waals surface area contributed by atoms with E-state index < -0.39 is 0 Å². The summed E-state index contributed by atoms with van der Waals surface area (Å²) in [7, 11) is 1.59. The second-order valence-corrected chi connectivity index (χ2v) is 6.08. The zero-order valence-corrected chi connectivity index (χ0v) is 13.9. The van der Waals surface area contributed by atoms with Crippen molar-refractivity contribution in [1.82, 2.24) is 14.5 Å². The summed E-state index contributed by atoms with van der Waals surface area (Å²) in [5.74, 6) is 1.90. The molecule has 0 amide bonds. The van der Waals surface area contributed by atoms with Crippen LogP contribution in [0.5, 0.6) is 5.75 Å². The molecular weight excluding hydrogens is 334 g/mol. The lowest BCUT2D eigenvalue weighted by atomic mass is 10.1. The standard InChI is InChI=1S/C15H18BrN3O2/c1-10(2)4-12(20)8-19-9-14(16)18-15(19)11-5-13(21-3)7-17-6-11/h5-7,9-10H,4,8H2,1-3H3. The number of imidazole rings is 1. The van der Waals surface area contributed by atoms with Crippen LogP contribution in [-0.4, -0.2) is 27.4 Å². The van der Waals surface area contributed by atoms with Crippen LogP contribution < -0.4 is 4.74 Å². The van der Waals surface area contributed by atoms with Crippen LogP contribution >= 0.6 is 15.9 Å². The van der Waals surface area contributed by atoms with Gasteiger partial charge in [-0.05, 0) is 27.9 Å². The van der Waals surface area contributed by atoms with Crippen LogP contribution in [0.3, 0.4) is 0 Å². The van der Waals surface area contributed by atoms with Gasteiger partial charge in [0.2, 0.25) is 0 Å². The number of nitrogens with zero attached hydrogens (tertiary/aromatic N) is 3. The van der Waals surface area contributed by atoms with Gasteiger partial charge in [0.25, 0.3) is 0 Å². The Bertz CT molecular complexity index is 638. The van der Waals surface area contributed by atoms with Crippen molar-refractivity contribution >= 4 is 21.7 Å². The highest BCUT2D eigenvalue weighted by molar-refractivity contribution is 9.10. The number of hydrogen-bond donors (Lipinski definition) is 0. The second-order valence-electron chi connectivity index (χ2n) is 5.27. The van der Waals surface area contributed by atoms with Gasteiger partial charge in [-0.25, -0.2) is 4.98 Å². The van der Waals surface area contributed by atoms with Crippen LogP contribution in [-0.2, 0) is 11.3 Å². The lowest BCUT2D eigenvalue weighted by Gasteiger charge is -2.09. The summed E-state index contributed by atoms with van der Waals surface area (Å²) in [4.78, 5) is 20.6. The number of Topliss-reactive ketones (excluding diaryl/α,β-unsaturated/α-hetero) is 1. The zero-order chi connectivity index (χ0) is 15.4. The number of pyridine rings is 1. The van der Waals surface area contributed by atoms with Crippen LogP contribution in [0.2, 0.25) is 0 Å². The lowest BCUT2D eigenvalue weighted by Crippen LogP contribution is -2.12. The van der Waals surface area contributed by atoms with Gasteiger partial charge < -0.3 is 9.30 Å². The van der Waals surface area contributed by atoms with Gasteiger partial charge in [0.1, 0.15) is 16.2 Å². The minimum Gasteiger partial charge on any atom is -0.495 e. The molecular formula is C15H18BrN3O2. The van der Waals surface area contributed by atoms with Crippen molar-refractivity contribution in [3.63, 3.8) is 0 Å². The Balaban J connectivity index is 2.29. The predicted octanol–water partition coefficient (Wildman–Crippen LogP) is 3.33. The van der Waals surface area contributed by atoms with Gasteiger partial charge in [-0.2, -0.15) is 0 Å². The number of ether oxygens (including phenoxy) is 1. The van der Waals surface area contributed by atoms with E-state index in [1.807, 2.05) is 30.7 Å². The highest BCUT2D eigenvalue weighted by Crippen LogP contribution is 2.24. The van der Waals surface area contributed by atoms with Gasteiger partial charge in [0, 0.05) is 24.4 Å². The van der Waals surface area contributed by atoms with E-state index in [1.54, 1.807) is 19.5 Å². The van der Waals surface area contributed by atoms with Crippen LogP contribution in [0.4, 0.5) is 0 Å². The van der Waals surface area contributed by atoms with Gasteiger partial charge in [-0.1, -0.05) is 13.8 Å².